The van der Waals surface area contributed by atoms with E-state index in [0.717, 1.165) is 27.4 Å². The Bertz CT molecular complexity index is 1440. The number of alkyl halides is 3. The molecule has 0 spiro atoms. The standard InChI is InChI=1S/C22H15F5N4O2/c1-12-20-15(22(25,26)27)10-19(33)30(11-18(32)28-17-8-3-2-7-16(17)24)21(20)31(29-12)14-6-4-5-13(23)9-14/h2-10H,11H2,1H3,(H,28,32). The lowest BCUT2D eigenvalue weighted by Gasteiger charge is -2.15. The quantitative estimate of drug-likeness (QED) is 0.457. The summed E-state index contributed by atoms with van der Waals surface area (Å²) in [5.41, 5.74) is -2.89. The van der Waals surface area contributed by atoms with Crippen molar-refractivity contribution in [1.82, 2.24) is 14.3 Å². The first-order valence-electron chi connectivity index (χ1n) is 9.57. The SMILES string of the molecule is Cc1nn(-c2cccc(F)c2)c2c1c(C(F)(F)F)cc(=O)n2CC(=O)Nc1ccccc1F. The Morgan fingerprint density at radius 2 is 1.79 bits per heavy atom. The van der Waals surface area contributed by atoms with E-state index in [0.29, 0.717) is 6.07 Å². The van der Waals surface area contributed by atoms with Crippen molar-refractivity contribution in [1.29, 1.82) is 0 Å². The molecule has 2 heterocycles. The van der Waals surface area contributed by atoms with Crippen molar-refractivity contribution >= 4 is 22.6 Å². The molecule has 1 N–H and O–H groups in total. The summed E-state index contributed by atoms with van der Waals surface area (Å²) in [5.74, 6) is -2.25. The minimum absolute atomic E-state index is 0.0510. The molecule has 6 nitrogen and oxygen atoms in total. The van der Waals surface area contributed by atoms with E-state index in [1.165, 1.54) is 37.3 Å². The third-order valence-electron chi connectivity index (χ3n) is 4.90. The molecule has 4 rings (SSSR count). The van der Waals surface area contributed by atoms with E-state index in [4.69, 9.17) is 0 Å². The van der Waals surface area contributed by atoms with E-state index >= 15 is 0 Å². The first-order valence-corrected chi connectivity index (χ1v) is 9.57. The van der Waals surface area contributed by atoms with Crippen molar-refractivity contribution < 1.29 is 26.7 Å². The first-order chi connectivity index (χ1) is 15.6. The minimum atomic E-state index is -4.88. The zero-order valence-corrected chi connectivity index (χ0v) is 17.0. The van der Waals surface area contributed by atoms with Crippen molar-refractivity contribution in [3.05, 3.63) is 87.8 Å². The molecule has 0 saturated heterocycles. The molecule has 0 aliphatic heterocycles. The van der Waals surface area contributed by atoms with Gasteiger partial charge in [-0.1, -0.05) is 18.2 Å². The lowest BCUT2D eigenvalue weighted by molar-refractivity contribution is -0.136. The van der Waals surface area contributed by atoms with E-state index in [1.807, 2.05) is 0 Å². The van der Waals surface area contributed by atoms with Crippen LogP contribution in [0.3, 0.4) is 0 Å². The maximum absolute atomic E-state index is 13.9. The molecule has 170 valence electrons. The van der Waals surface area contributed by atoms with Gasteiger partial charge in [0, 0.05) is 6.07 Å². The number of nitrogens with zero attached hydrogens (tertiary/aromatic N) is 3. The number of anilines is 1. The Morgan fingerprint density at radius 1 is 1.06 bits per heavy atom. The van der Waals surface area contributed by atoms with Gasteiger partial charge >= 0.3 is 6.18 Å². The number of benzene rings is 2. The van der Waals surface area contributed by atoms with Crippen LogP contribution in [0.15, 0.2) is 59.4 Å². The maximum atomic E-state index is 13.9. The lowest BCUT2D eigenvalue weighted by atomic mass is 10.1. The molecule has 0 bridgehead atoms. The highest BCUT2D eigenvalue weighted by atomic mass is 19.4. The van der Waals surface area contributed by atoms with Crippen LogP contribution in [0.25, 0.3) is 16.7 Å². The van der Waals surface area contributed by atoms with E-state index in [1.54, 1.807) is 0 Å². The Hall–Kier alpha value is -4.02. The van der Waals surface area contributed by atoms with Gasteiger partial charge in [0.05, 0.1) is 28.0 Å². The van der Waals surface area contributed by atoms with Crippen LogP contribution >= 0.6 is 0 Å². The highest BCUT2D eigenvalue weighted by Gasteiger charge is 2.36. The van der Waals surface area contributed by atoms with Crippen LogP contribution in [-0.4, -0.2) is 20.3 Å². The van der Waals surface area contributed by atoms with Crippen LogP contribution < -0.4 is 10.9 Å². The number of carbonyl (C=O) groups is 1. The van der Waals surface area contributed by atoms with Crippen LogP contribution in [-0.2, 0) is 17.5 Å². The Labute approximate surface area is 182 Å². The zero-order valence-electron chi connectivity index (χ0n) is 17.0. The summed E-state index contributed by atoms with van der Waals surface area (Å²) >= 11 is 0. The average Bonchev–Trinajstić information content (AvgIpc) is 3.08. The fourth-order valence-corrected chi connectivity index (χ4v) is 3.52. The van der Waals surface area contributed by atoms with Gasteiger partial charge in [0.2, 0.25) is 5.91 Å². The fraction of sp³-hybridized carbons (Fsp3) is 0.136. The molecule has 2 aromatic carbocycles. The molecule has 2 aromatic heterocycles. The second-order valence-electron chi connectivity index (χ2n) is 7.18. The molecule has 0 radical (unpaired) electrons. The number of para-hydroxylation sites is 1. The molecule has 0 saturated carbocycles. The summed E-state index contributed by atoms with van der Waals surface area (Å²) in [6, 6.07) is 10.6. The van der Waals surface area contributed by atoms with Gasteiger partial charge in [-0.15, -0.1) is 0 Å². The molecule has 1 amide bonds. The summed E-state index contributed by atoms with van der Waals surface area (Å²) in [7, 11) is 0. The first kappa shape index (κ1) is 22.2. The van der Waals surface area contributed by atoms with Crippen LogP contribution in [0, 0.1) is 18.6 Å². The van der Waals surface area contributed by atoms with Crippen LogP contribution in [0.5, 0.6) is 0 Å². The van der Waals surface area contributed by atoms with E-state index < -0.39 is 46.8 Å². The highest BCUT2D eigenvalue weighted by molar-refractivity contribution is 5.92. The number of hydrogen-bond acceptors (Lipinski definition) is 3. The third kappa shape index (κ3) is 4.21. The second-order valence-corrected chi connectivity index (χ2v) is 7.18. The number of pyridine rings is 1. The number of amides is 1. The Kier molecular flexibility index (Phi) is 5.48. The largest absolute Gasteiger partial charge is 0.417 e. The fourth-order valence-electron chi connectivity index (χ4n) is 3.52. The van der Waals surface area contributed by atoms with Crippen molar-refractivity contribution in [3.8, 4) is 5.69 Å². The summed E-state index contributed by atoms with van der Waals surface area (Å²) in [6.07, 6.45) is -4.88. The third-order valence-corrected chi connectivity index (χ3v) is 4.90. The molecule has 0 aliphatic rings. The molecule has 0 atom stereocenters. The van der Waals surface area contributed by atoms with Crippen molar-refractivity contribution in [2.24, 2.45) is 0 Å². The predicted molar refractivity (Wildman–Crippen MR) is 110 cm³/mol. The van der Waals surface area contributed by atoms with Crippen molar-refractivity contribution in [2.45, 2.75) is 19.6 Å². The summed E-state index contributed by atoms with van der Waals surface area (Å²) in [4.78, 5) is 25.3. The average molecular weight is 462 g/mol. The van der Waals surface area contributed by atoms with Crippen LogP contribution in [0.1, 0.15) is 11.3 Å². The number of rotatable bonds is 4. The number of fused-ring (bicyclic) bond motifs is 1. The number of aromatic nitrogens is 3. The van der Waals surface area contributed by atoms with Gasteiger partial charge in [-0.25, -0.2) is 13.5 Å². The van der Waals surface area contributed by atoms with Crippen LogP contribution in [0.4, 0.5) is 27.6 Å². The molecule has 11 heteroatoms. The Morgan fingerprint density at radius 3 is 2.45 bits per heavy atom. The number of nitrogens with one attached hydrogen (secondary N) is 1. The Balaban J connectivity index is 1.92. The predicted octanol–water partition coefficient (Wildman–Crippen LogP) is 4.43. The summed E-state index contributed by atoms with van der Waals surface area (Å²) in [5, 5.41) is 5.95. The number of carbonyl (C=O) groups excluding carboxylic acids is 1. The molecular formula is C22H15F5N4O2. The summed E-state index contributed by atoms with van der Waals surface area (Å²) < 4.78 is 70.6. The molecule has 0 aliphatic carbocycles. The molecule has 33 heavy (non-hydrogen) atoms. The van der Waals surface area contributed by atoms with Crippen molar-refractivity contribution in [3.63, 3.8) is 0 Å². The molecular weight excluding hydrogens is 447 g/mol. The van der Waals surface area contributed by atoms with Gasteiger partial charge in [-0.2, -0.15) is 18.3 Å². The number of halogens is 5. The number of hydrogen-bond donors (Lipinski definition) is 1. The zero-order chi connectivity index (χ0) is 23.9. The second kappa shape index (κ2) is 8.15. The topological polar surface area (TPSA) is 68.9 Å². The lowest BCUT2D eigenvalue weighted by Crippen LogP contribution is -2.30. The van der Waals surface area contributed by atoms with Gasteiger partial charge in [0.25, 0.3) is 5.56 Å². The van der Waals surface area contributed by atoms with Crippen LogP contribution in [0.2, 0.25) is 0 Å². The highest BCUT2D eigenvalue weighted by Crippen LogP contribution is 2.36. The maximum Gasteiger partial charge on any atom is 0.417 e. The van der Waals surface area contributed by atoms with Crippen molar-refractivity contribution in [2.75, 3.05) is 5.32 Å². The van der Waals surface area contributed by atoms with Gasteiger partial charge in [-0.3, -0.25) is 14.2 Å². The monoisotopic (exact) mass is 462 g/mol. The van der Waals surface area contributed by atoms with Gasteiger partial charge in [0.15, 0.2) is 0 Å². The van der Waals surface area contributed by atoms with E-state index in [-0.39, 0.29) is 22.7 Å². The van der Waals surface area contributed by atoms with E-state index in [9.17, 15) is 31.5 Å². The van der Waals surface area contributed by atoms with Gasteiger partial charge < -0.3 is 5.32 Å². The molecule has 0 unspecified atom stereocenters. The minimum Gasteiger partial charge on any atom is -0.322 e. The summed E-state index contributed by atoms with van der Waals surface area (Å²) in [6.45, 7) is 0.573. The van der Waals surface area contributed by atoms with E-state index in [2.05, 4.69) is 10.4 Å². The molecule has 0 fully saturated rings. The molecule has 4 aromatic rings. The smallest absolute Gasteiger partial charge is 0.322 e. The normalized spacial score (nSPS) is 11.7. The van der Waals surface area contributed by atoms with Gasteiger partial charge in [0.1, 0.15) is 23.8 Å². The van der Waals surface area contributed by atoms with Gasteiger partial charge in [-0.05, 0) is 37.3 Å². The number of aryl methyl sites for hydroxylation is 1.